The maximum absolute atomic E-state index is 14.2. The van der Waals surface area contributed by atoms with E-state index < -0.39 is 16.6 Å². The molecule has 0 atom stereocenters. The standard InChI is InChI=1S/C14H10F2N4O2S2/c1-23-9-5-7(15)13-12(11(9)16)19-10(24-13)6-18-14-8(20(21)22)3-2-4-17-14/h2-5H,6H2,1H3,(H,17,18). The lowest BCUT2D eigenvalue weighted by Gasteiger charge is -2.03. The van der Waals surface area contributed by atoms with E-state index in [2.05, 4.69) is 15.3 Å². The van der Waals surface area contributed by atoms with Crippen molar-refractivity contribution in [3.8, 4) is 0 Å². The van der Waals surface area contributed by atoms with Crippen LogP contribution >= 0.6 is 23.1 Å². The number of anilines is 1. The molecular weight excluding hydrogens is 358 g/mol. The van der Waals surface area contributed by atoms with E-state index in [1.54, 1.807) is 6.26 Å². The SMILES string of the molecule is CSc1cc(F)c2sc(CNc3ncccc3[N+](=O)[O-])nc2c1F. The molecular formula is C14H10F2N4O2S2. The number of pyridine rings is 1. The Hall–Kier alpha value is -2.33. The predicted octanol–water partition coefficient (Wildman–Crippen LogP) is 4.21. The highest BCUT2D eigenvalue weighted by atomic mass is 32.2. The molecule has 0 bridgehead atoms. The van der Waals surface area contributed by atoms with Crippen molar-refractivity contribution in [3.05, 3.63) is 51.2 Å². The van der Waals surface area contributed by atoms with Gasteiger partial charge in [-0.15, -0.1) is 23.1 Å². The fourth-order valence-corrected chi connectivity index (χ4v) is 3.50. The summed E-state index contributed by atoms with van der Waals surface area (Å²) in [6.07, 6.45) is 3.07. The third-order valence-corrected chi connectivity index (χ3v) is 4.98. The zero-order valence-electron chi connectivity index (χ0n) is 12.2. The first-order valence-corrected chi connectivity index (χ1v) is 8.70. The summed E-state index contributed by atoms with van der Waals surface area (Å²) in [6, 6.07) is 3.91. The van der Waals surface area contributed by atoms with E-state index in [1.165, 1.54) is 18.3 Å². The summed E-state index contributed by atoms with van der Waals surface area (Å²) in [5.41, 5.74) is -0.211. The molecule has 0 radical (unpaired) electrons. The van der Waals surface area contributed by atoms with Gasteiger partial charge in [0.25, 0.3) is 0 Å². The molecule has 0 spiro atoms. The third-order valence-electron chi connectivity index (χ3n) is 3.18. The number of thioether (sulfide) groups is 1. The molecule has 6 nitrogen and oxygen atoms in total. The van der Waals surface area contributed by atoms with Gasteiger partial charge in [-0.2, -0.15) is 0 Å². The smallest absolute Gasteiger partial charge is 0.311 e. The molecule has 10 heteroatoms. The van der Waals surface area contributed by atoms with Crippen LogP contribution in [0.25, 0.3) is 10.2 Å². The number of thiazole rings is 1. The average molecular weight is 368 g/mol. The molecule has 24 heavy (non-hydrogen) atoms. The molecule has 2 aromatic heterocycles. The highest BCUT2D eigenvalue weighted by Crippen LogP contribution is 2.33. The van der Waals surface area contributed by atoms with Crippen molar-refractivity contribution in [2.75, 3.05) is 11.6 Å². The van der Waals surface area contributed by atoms with Crippen LogP contribution in [0.5, 0.6) is 0 Å². The summed E-state index contributed by atoms with van der Waals surface area (Å²) in [5, 5.41) is 14.1. The normalized spacial score (nSPS) is 11.0. The molecule has 0 amide bonds. The van der Waals surface area contributed by atoms with Crippen molar-refractivity contribution in [3.63, 3.8) is 0 Å². The summed E-state index contributed by atoms with van der Waals surface area (Å²) < 4.78 is 28.4. The van der Waals surface area contributed by atoms with E-state index in [9.17, 15) is 18.9 Å². The van der Waals surface area contributed by atoms with E-state index in [1.807, 2.05) is 0 Å². The van der Waals surface area contributed by atoms with Gasteiger partial charge < -0.3 is 5.32 Å². The minimum atomic E-state index is -0.565. The Morgan fingerprint density at radius 1 is 1.46 bits per heavy atom. The molecule has 0 aliphatic heterocycles. The van der Waals surface area contributed by atoms with Crippen LogP contribution in [0.3, 0.4) is 0 Å². The second-order valence-corrected chi connectivity index (χ2v) is 6.57. The molecule has 0 saturated carbocycles. The third kappa shape index (κ3) is 3.02. The van der Waals surface area contributed by atoms with Crippen molar-refractivity contribution in [1.82, 2.24) is 9.97 Å². The van der Waals surface area contributed by atoms with Crippen LogP contribution < -0.4 is 5.32 Å². The van der Waals surface area contributed by atoms with Gasteiger partial charge in [0, 0.05) is 17.2 Å². The largest absolute Gasteiger partial charge is 0.358 e. The van der Waals surface area contributed by atoms with E-state index in [0.29, 0.717) is 5.01 Å². The zero-order valence-corrected chi connectivity index (χ0v) is 13.9. The lowest BCUT2D eigenvalue weighted by molar-refractivity contribution is -0.384. The Morgan fingerprint density at radius 2 is 2.25 bits per heavy atom. The van der Waals surface area contributed by atoms with Gasteiger partial charge in [-0.1, -0.05) is 0 Å². The minimum absolute atomic E-state index is 0.0309. The minimum Gasteiger partial charge on any atom is -0.358 e. The van der Waals surface area contributed by atoms with Crippen molar-refractivity contribution in [1.29, 1.82) is 0 Å². The second kappa shape index (κ2) is 6.65. The summed E-state index contributed by atoms with van der Waals surface area (Å²) in [5.74, 6) is -1.03. The molecule has 0 unspecified atom stereocenters. The Bertz CT molecular complexity index is 933. The van der Waals surface area contributed by atoms with Crippen LogP contribution in [0.4, 0.5) is 20.3 Å². The maximum atomic E-state index is 14.2. The molecule has 1 N–H and O–H groups in total. The van der Waals surface area contributed by atoms with Gasteiger partial charge in [-0.25, -0.2) is 18.7 Å². The van der Waals surface area contributed by atoms with Gasteiger partial charge in [0.2, 0.25) is 5.82 Å². The van der Waals surface area contributed by atoms with Crippen LogP contribution in [-0.2, 0) is 6.54 Å². The molecule has 0 aliphatic rings. The van der Waals surface area contributed by atoms with Gasteiger partial charge in [-0.05, 0) is 18.4 Å². The molecule has 1 aromatic carbocycles. The fourth-order valence-electron chi connectivity index (χ4n) is 2.10. The van der Waals surface area contributed by atoms with E-state index in [0.717, 1.165) is 29.2 Å². The number of hydrogen-bond acceptors (Lipinski definition) is 7. The van der Waals surface area contributed by atoms with Gasteiger partial charge >= 0.3 is 5.69 Å². The Morgan fingerprint density at radius 3 is 2.96 bits per heavy atom. The fraction of sp³-hybridized carbons (Fsp3) is 0.143. The second-order valence-electron chi connectivity index (χ2n) is 4.64. The summed E-state index contributed by atoms with van der Waals surface area (Å²) in [4.78, 5) is 18.6. The van der Waals surface area contributed by atoms with Crippen LogP contribution in [0.1, 0.15) is 5.01 Å². The number of nitrogens with one attached hydrogen (secondary N) is 1. The molecule has 0 aliphatic carbocycles. The Balaban J connectivity index is 1.91. The van der Waals surface area contributed by atoms with Gasteiger partial charge in [0.15, 0.2) is 5.82 Å². The first kappa shape index (κ1) is 16.5. The predicted molar refractivity (Wildman–Crippen MR) is 89.5 cm³/mol. The number of benzene rings is 1. The number of nitrogens with zero attached hydrogens (tertiary/aromatic N) is 3. The monoisotopic (exact) mass is 368 g/mol. The lowest BCUT2D eigenvalue weighted by atomic mass is 10.3. The highest BCUT2D eigenvalue weighted by Gasteiger charge is 2.18. The van der Waals surface area contributed by atoms with Gasteiger partial charge in [0.05, 0.1) is 16.2 Å². The van der Waals surface area contributed by atoms with E-state index >= 15 is 0 Å². The molecule has 0 fully saturated rings. The first-order valence-electron chi connectivity index (χ1n) is 6.66. The van der Waals surface area contributed by atoms with E-state index in [4.69, 9.17) is 0 Å². The molecule has 3 rings (SSSR count). The number of halogens is 2. The van der Waals surface area contributed by atoms with Gasteiger partial charge in [-0.3, -0.25) is 10.1 Å². The molecule has 0 saturated heterocycles. The van der Waals surface area contributed by atoms with Crippen molar-refractivity contribution in [2.45, 2.75) is 11.4 Å². The number of nitro groups is 1. The van der Waals surface area contributed by atoms with Crippen LogP contribution in [0, 0.1) is 21.7 Å². The number of hydrogen-bond donors (Lipinski definition) is 1. The van der Waals surface area contributed by atoms with E-state index in [-0.39, 0.29) is 33.2 Å². The number of rotatable bonds is 5. The summed E-state index contributed by atoms with van der Waals surface area (Å²) in [6.45, 7) is 0.0741. The van der Waals surface area contributed by atoms with Crippen LogP contribution in [0.15, 0.2) is 29.3 Å². The average Bonchev–Trinajstić information content (AvgIpc) is 3.01. The summed E-state index contributed by atoms with van der Waals surface area (Å²) >= 11 is 2.09. The van der Waals surface area contributed by atoms with Crippen molar-refractivity contribution < 1.29 is 13.7 Å². The molecule has 3 aromatic rings. The van der Waals surface area contributed by atoms with Crippen molar-refractivity contribution in [2.24, 2.45) is 0 Å². The quantitative estimate of drug-likeness (QED) is 0.413. The van der Waals surface area contributed by atoms with Crippen LogP contribution in [0.2, 0.25) is 0 Å². The zero-order chi connectivity index (χ0) is 17.3. The van der Waals surface area contributed by atoms with Gasteiger partial charge in [0.1, 0.15) is 16.3 Å². The number of aromatic nitrogens is 2. The van der Waals surface area contributed by atoms with Crippen molar-refractivity contribution >= 4 is 44.8 Å². The topological polar surface area (TPSA) is 81.0 Å². The molecule has 124 valence electrons. The Kier molecular flexibility index (Phi) is 4.58. The lowest BCUT2D eigenvalue weighted by Crippen LogP contribution is -2.04. The maximum Gasteiger partial charge on any atom is 0.311 e. The number of fused-ring (bicyclic) bond motifs is 1. The summed E-state index contributed by atoms with van der Waals surface area (Å²) in [7, 11) is 0. The van der Waals surface area contributed by atoms with Crippen LogP contribution in [-0.4, -0.2) is 21.1 Å². The molecule has 2 heterocycles. The highest BCUT2D eigenvalue weighted by molar-refractivity contribution is 7.98. The first-order chi connectivity index (χ1) is 11.5. The Labute approximate surface area is 143 Å².